The van der Waals surface area contributed by atoms with Crippen molar-refractivity contribution in [3.63, 3.8) is 0 Å². The summed E-state index contributed by atoms with van der Waals surface area (Å²) in [6.45, 7) is 5.05. The Labute approximate surface area is 159 Å². The highest BCUT2D eigenvalue weighted by atomic mass is 35.5. The van der Waals surface area contributed by atoms with Crippen molar-refractivity contribution >= 4 is 23.7 Å². The standard InChI is InChI=1S/C20H23ClN4O/c21-19-8-6-17(7-9-19)14-22-23-20(26)16-25-12-10-24(11-13-25)15-18-4-2-1-3-5-18/h1-9,14H,10-13,15-16H2,(H,23,26)/b22-14+. The van der Waals surface area contributed by atoms with Crippen LogP contribution in [0, 0.1) is 0 Å². The first-order chi connectivity index (χ1) is 12.7. The van der Waals surface area contributed by atoms with Crippen molar-refractivity contribution in [1.29, 1.82) is 0 Å². The number of amides is 1. The van der Waals surface area contributed by atoms with Crippen LogP contribution in [0.1, 0.15) is 11.1 Å². The van der Waals surface area contributed by atoms with Crippen LogP contribution >= 0.6 is 11.6 Å². The van der Waals surface area contributed by atoms with Gasteiger partial charge in [0.2, 0.25) is 0 Å². The van der Waals surface area contributed by atoms with Gasteiger partial charge in [0, 0.05) is 37.7 Å². The van der Waals surface area contributed by atoms with E-state index in [9.17, 15) is 4.79 Å². The fourth-order valence-corrected chi connectivity index (χ4v) is 3.04. The molecule has 1 fully saturated rings. The van der Waals surface area contributed by atoms with Crippen molar-refractivity contribution in [3.8, 4) is 0 Å². The van der Waals surface area contributed by atoms with E-state index in [1.807, 2.05) is 18.2 Å². The highest BCUT2D eigenvalue weighted by molar-refractivity contribution is 6.30. The summed E-state index contributed by atoms with van der Waals surface area (Å²) in [5.74, 6) is -0.0910. The van der Waals surface area contributed by atoms with Crippen LogP contribution in [0.5, 0.6) is 0 Å². The fraction of sp³-hybridized carbons (Fsp3) is 0.300. The van der Waals surface area contributed by atoms with Crippen molar-refractivity contribution in [2.24, 2.45) is 5.10 Å². The Hall–Kier alpha value is -2.21. The molecule has 0 aromatic heterocycles. The van der Waals surface area contributed by atoms with E-state index in [4.69, 9.17) is 11.6 Å². The zero-order valence-corrected chi connectivity index (χ0v) is 15.4. The Morgan fingerprint density at radius 2 is 1.65 bits per heavy atom. The van der Waals surface area contributed by atoms with Crippen LogP contribution in [0.4, 0.5) is 0 Å². The first-order valence-electron chi connectivity index (χ1n) is 8.75. The molecule has 0 saturated carbocycles. The molecule has 0 bridgehead atoms. The SMILES string of the molecule is O=C(CN1CCN(Cc2ccccc2)CC1)N/N=C/c1ccc(Cl)cc1. The van der Waals surface area contributed by atoms with Gasteiger partial charge in [-0.3, -0.25) is 14.6 Å². The predicted molar refractivity (Wildman–Crippen MR) is 105 cm³/mol. The number of benzene rings is 2. The van der Waals surface area contributed by atoms with E-state index in [0.29, 0.717) is 11.6 Å². The Morgan fingerprint density at radius 1 is 1.00 bits per heavy atom. The third-order valence-electron chi connectivity index (χ3n) is 4.35. The number of hydrazone groups is 1. The predicted octanol–water partition coefficient (Wildman–Crippen LogP) is 2.61. The van der Waals surface area contributed by atoms with Crippen LogP contribution < -0.4 is 5.43 Å². The second-order valence-electron chi connectivity index (χ2n) is 6.38. The number of nitrogens with one attached hydrogen (secondary N) is 1. The van der Waals surface area contributed by atoms with Gasteiger partial charge in [-0.2, -0.15) is 5.10 Å². The second kappa shape index (κ2) is 9.48. The van der Waals surface area contributed by atoms with Crippen LogP contribution in [0.2, 0.25) is 5.02 Å². The van der Waals surface area contributed by atoms with Gasteiger partial charge in [0.1, 0.15) is 0 Å². The zero-order valence-electron chi connectivity index (χ0n) is 14.6. The van der Waals surface area contributed by atoms with Crippen LogP contribution in [-0.2, 0) is 11.3 Å². The molecule has 1 N–H and O–H groups in total. The highest BCUT2D eigenvalue weighted by Crippen LogP contribution is 2.09. The van der Waals surface area contributed by atoms with Gasteiger partial charge in [0.25, 0.3) is 5.91 Å². The second-order valence-corrected chi connectivity index (χ2v) is 6.82. The summed E-state index contributed by atoms with van der Waals surface area (Å²) in [6.07, 6.45) is 1.62. The number of hydrogen-bond acceptors (Lipinski definition) is 4. The van der Waals surface area contributed by atoms with Crippen molar-refractivity contribution < 1.29 is 4.79 Å². The smallest absolute Gasteiger partial charge is 0.254 e. The minimum Gasteiger partial charge on any atom is -0.297 e. The Kier molecular flexibility index (Phi) is 6.77. The number of carbonyl (C=O) groups excluding carboxylic acids is 1. The molecule has 2 aromatic rings. The molecule has 2 aromatic carbocycles. The third-order valence-corrected chi connectivity index (χ3v) is 4.61. The summed E-state index contributed by atoms with van der Waals surface area (Å²) in [7, 11) is 0. The molecule has 1 heterocycles. The molecule has 0 aliphatic carbocycles. The van der Waals surface area contributed by atoms with E-state index in [1.165, 1.54) is 5.56 Å². The minimum absolute atomic E-state index is 0.0910. The molecule has 5 nitrogen and oxygen atoms in total. The largest absolute Gasteiger partial charge is 0.297 e. The van der Waals surface area contributed by atoms with E-state index in [1.54, 1.807) is 18.3 Å². The molecule has 26 heavy (non-hydrogen) atoms. The van der Waals surface area contributed by atoms with Crippen molar-refractivity contribution in [2.75, 3.05) is 32.7 Å². The molecular formula is C20H23ClN4O. The maximum atomic E-state index is 12.0. The molecular weight excluding hydrogens is 348 g/mol. The van der Waals surface area contributed by atoms with E-state index in [-0.39, 0.29) is 5.91 Å². The molecule has 0 spiro atoms. The Bertz CT molecular complexity index is 725. The van der Waals surface area contributed by atoms with E-state index < -0.39 is 0 Å². The van der Waals surface area contributed by atoms with E-state index >= 15 is 0 Å². The molecule has 0 atom stereocenters. The lowest BCUT2D eigenvalue weighted by atomic mass is 10.2. The molecule has 1 aliphatic rings. The molecule has 3 rings (SSSR count). The average molecular weight is 371 g/mol. The average Bonchev–Trinajstić information content (AvgIpc) is 2.66. The van der Waals surface area contributed by atoms with Gasteiger partial charge in [-0.25, -0.2) is 5.43 Å². The molecule has 6 heteroatoms. The Balaban J connectivity index is 1.37. The number of piperazine rings is 1. The van der Waals surface area contributed by atoms with Gasteiger partial charge < -0.3 is 0 Å². The van der Waals surface area contributed by atoms with Gasteiger partial charge >= 0.3 is 0 Å². The monoisotopic (exact) mass is 370 g/mol. The number of halogens is 1. The third kappa shape index (κ3) is 5.95. The summed E-state index contributed by atoms with van der Waals surface area (Å²) in [5, 5.41) is 4.68. The maximum absolute atomic E-state index is 12.0. The summed E-state index contributed by atoms with van der Waals surface area (Å²) in [6, 6.07) is 17.8. The summed E-state index contributed by atoms with van der Waals surface area (Å²) >= 11 is 5.84. The van der Waals surface area contributed by atoms with Gasteiger partial charge in [-0.05, 0) is 23.3 Å². The van der Waals surface area contributed by atoms with Gasteiger partial charge in [0.15, 0.2) is 0 Å². The molecule has 1 amide bonds. The lowest BCUT2D eigenvalue weighted by Gasteiger charge is -2.34. The van der Waals surface area contributed by atoms with Crippen LogP contribution in [-0.4, -0.2) is 54.6 Å². The number of carbonyl (C=O) groups is 1. The topological polar surface area (TPSA) is 47.9 Å². The van der Waals surface area contributed by atoms with E-state index in [2.05, 4.69) is 44.6 Å². The van der Waals surface area contributed by atoms with Crippen LogP contribution in [0.15, 0.2) is 59.7 Å². The van der Waals surface area contributed by atoms with Crippen molar-refractivity contribution in [3.05, 3.63) is 70.7 Å². The van der Waals surface area contributed by atoms with Crippen LogP contribution in [0.3, 0.4) is 0 Å². The van der Waals surface area contributed by atoms with Crippen molar-refractivity contribution in [1.82, 2.24) is 15.2 Å². The summed E-state index contributed by atoms with van der Waals surface area (Å²) in [4.78, 5) is 16.6. The Morgan fingerprint density at radius 3 is 2.35 bits per heavy atom. The maximum Gasteiger partial charge on any atom is 0.254 e. The summed E-state index contributed by atoms with van der Waals surface area (Å²) < 4.78 is 0. The zero-order chi connectivity index (χ0) is 18.2. The number of rotatable bonds is 6. The molecule has 0 radical (unpaired) electrons. The normalized spacial score (nSPS) is 16.0. The molecule has 0 unspecified atom stereocenters. The first kappa shape index (κ1) is 18.6. The van der Waals surface area contributed by atoms with Gasteiger partial charge in [-0.15, -0.1) is 0 Å². The molecule has 136 valence electrons. The quantitative estimate of drug-likeness (QED) is 0.628. The highest BCUT2D eigenvalue weighted by Gasteiger charge is 2.18. The van der Waals surface area contributed by atoms with Gasteiger partial charge in [-0.1, -0.05) is 54.1 Å². The van der Waals surface area contributed by atoms with E-state index in [0.717, 1.165) is 38.3 Å². The van der Waals surface area contributed by atoms with Crippen molar-refractivity contribution in [2.45, 2.75) is 6.54 Å². The first-order valence-corrected chi connectivity index (χ1v) is 9.13. The summed E-state index contributed by atoms with van der Waals surface area (Å²) in [5.41, 5.74) is 4.81. The fourth-order valence-electron chi connectivity index (χ4n) is 2.91. The van der Waals surface area contributed by atoms with Crippen LogP contribution in [0.25, 0.3) is 0 Å². The number of hydrogen-bond donors (Lipinski definition) is 1. The van der Waals surface area contributed by atoms with Gasteiger partial charge in [0.05, 0.1) is 12.8 Å². The number of nitrogens with zero attached hydrogens (tertiary/aromatic N) is 3. The molecule has 1 saturated heterocycles. The lowest BCUT2D eigenvalue weighted by Crippen LogP contribution is -2.48. The lowest BCUT2D eigenvalue weighted by molar-refractivity contribution is -0.122. The minimum atomic E-state index is -0.0910. The molecule has 1 aliphatic heterocycles.